The fourth-order valence-corrected chi connectivity index (χ4v) is 10.6. The summed E-state index contributed by atoms with van der Waals surface area (Å²) in [5.41, 5.74) is 0.405. The Bertz CT molecular complexity index is 974. The van der Waals surface area contributed by atoms with Crippen molar-refractivity contribution in [3.63, 3.8) is 0 Å². The van der Waals surface area contributed by atoms with Crippen molar-refractivity contribution >= 4 is 5.97 Å². The molecule has 0 aromatic heterocycles. The minimum absolute atomic E-state index is 0.00155. The Labute approximate surface area is 205 Å². The van der Waals surface area contributed by atoms with E-state index >= 15 is 0 Å². The molecule has 4 nitrogen and oxygen atoms in total. The van der Waals surface area contributed by atoms with Gasteiger partial charge in [-0.3, -0.25) is 4.79 Å². The summed E-state index contributed by atoms with van der Waals surface area (Å²) in [6, 6.07) is 0. The molecule has 0 aliphatic heterocycles. The Morgan fingerprint density at radius 1 is 1.00 bits per heavy atom. The van der Waals surface area contributed by atoms with Crippen molar-refractivity contribution in [2.75, 3.05) is 6.61 Å². The van der Waals surface area contributed by atoms with Gasteiger partial charge in [-0.25, -0.2) is 0 Å². The van der Waals surface area contributed by atoms with Crippen molar-refractivity contribution in [2.24, 2.45) is 50.7 Å². The van der Waals surface area contributed by atoms with Crippen molar-refractivity contribution in [3.8, 4) is 0 Å². The average molecular weight is 471 g/mol. The van der Waals surface area contributed by atoms with Gasteiger partial charge in [-0.15, -0.1) is 0 Å². The monoisotopic (exact) mass is 470 g/mol. The summed E-state index contributed by atoms with van der Waals surface area (Å²) in [6.07, 6.45) is 10.8. The second-order valence-corrected chi connectivity index (χ2v) is 14.3. The first kappa shape index (κ1) is 24.6. The average Bonchev–Trinajstić information content (AvgIpc) is 2.96. The third-order valence-corrected chi connectivity index (χ3v) is 12.9. The molecule has 3 saturated carbocycles. The number of rotatable bonds is 2. The van der Waals surface area contributed by atoms with Gasteiger partial charge in [0.1, 0.15) is 0 Å². The standard InChI is InChI=1S/C30H46O4/c1-18-10-13-30(24(32)33)15-14-26(4)20(23(30)29(18,7)34)8-9-22-27(26,5)12-11-21-25(2,3)16-19(17-31)28(21,22)6/h8,16,18,21-23,31,34H,9-15,17H2,1-7H3,(H,32,33)/t18-,21?,22?,23-,26-,27-,28+,29-,30+/m1/s1. The van der Waals surface area contributed by atoms with Gasteiger partial charge >= 0.3 is 5.97 Å². The van der Waals surface area contributed by atoms with Gasteiger partial charge in [-0.1, -0.05) is 59.3 Å². The minimum Gasteiger partial charge on any atom is -0.481 e. The lowest BCUT2D eigenvalue weighted by Gasteiger charge is -2.69. The molecule has 3 N–H and O–H groups in total. The molecule has 0 aromatic carbocycles. The molecule has 5 rings (SSSR count). The maximum atomic E-state index is 12.8. The van der Waals surface area contributed by atoms with Crippen LogP contribution in [0.3, 0.4) is 0 Å². The van der Waals surface area contributed by atoms with Crippen LogP contribution in [-0.4, -0.2) is 33.5 Å². The molecule has 0 saturated heterocycles. The van der Waals surface area contributed by atoms with E-state index in [0.717, 1.165) is 32.1 Å². The van der Waals surface area contributed by atoms with Gasteiger partial charge < -0.3 is 15.3 Å². The van der Waals surface area contributed by atoms with E-state index in [4.69, 9.17) is 0 Å². The Morgan fingerprint density at radius 3 is 2.29 bits per heavy atom. The molecule has 0 bridgehead atoms. The van der Waals surface area contributed by atoms with Crippen LogP contribution >= 0.6 is 0 Å². The number of hydrogen-bond acceptors (Lipinski definition) is 3. The topological polar surface area (TPSA) is 77.8 Å². The minimum atomic E-state index is -1.03. The Balaban J connectivity index is 1.68. The first-order chi connectivity index (χ1) is 15.6. The highest BCUT2D eigenvalue weighted by molar-refractivity contribution is 5.77. The summed E-state index contributed by atoms with van der Waals surface area (Å²) >= 11 is 0. The van der Waals surface area contributed by atoms with E-state index in [1.165, 1.54) is 11.1 Å². The van der Waals surface area contributed by atoms with Crippen molar-refractivity contribution in [3.05, 3.63) is 23.3 Å². The van der Waals surface area contributed by atoms with E-state index in [1.54, 1.807) is 0 Å². The number of fused-ring (bicyclic) bond motifs is 7. The highest BCUT2D eigenvalue weighted by Crippen LogP contribution is 2.76. The zero-order valence-corrected chi connectivity index (χ0v) is 22.4. The van der Waals surface area contributed by atoms with Crippen LogP contribution in [0.4, 0.5) is 0 Å². The number of hydrogen-bond donors (Lipinski definition) is 3. The maximum absolute atomic E-state index is 12.8. The van der Waals surface area contributed by atoms with E-state index in [-0.39, 0.29) is 40.1 Å². The highest BCUT2D eigenvalue weighted by atomic mass is 16.4. The van der Waals surface area contributed by atoms with Gasteiger partial charge in [-0.05, 0) is 96.9 Å². The predicted octanol–water partition coefficient (Wildman–Crippen LogP) is 5.98. The quantitative estimate of drug-likeness (QED) is 0.434. The van der Waals surface area contributed by atoms with Crippen LogP contribution in [0.1, 0.15) is 93.4 Å². The Morgan fingerprint density at radius 2 is 1.68 bits per heavy atom. The van der Waals surface area contributed by atoms with Crippen molar-refractivity contribution < 1.29 is 20.1 Å². The summed E-state index contributed by atoms with van der Waals surface area (Å²) in [5.74, 6) is -0.0735. The molecule has 190 valence electrons. The molecule has 9 atom stereocenters. The first-order valence-corrected chi connectivity index (χ1v) is 13.6. The van der Waals surface area contributed by atoms with Crippen LogP contribution in [0.5, 0.6) is 0 Å². The molecule has 2 unspecified atom stereocenters. The van der Waals surface area contributed by atoms with Crippen molar-refractivity contribution in [1.82, 2.24) is 0 Å². The highest BCUT2D eigenvalue weighted by Gasteiger charge is 2.71. The number of allylic oxidation sites excluding steroid dienone is 2. The third kappa shape index (κ3) is 2.60. The lowest BCUT2D eigenvalue weighted by atomic mass is 9.34. The predicted molar refractivity (Wildman–Crippen MR) is 134 cm³/mol. The van der Waals surface area contributed by atoms with Gasteiger partial charge in [0, 0.05) is 5.92 Å². The SMILES string of the molecule is C[C@@H]1CC[C@]2(C(=O)O)CC[C@]3(C)C(=CCC4[C@@]5(C)C(CO)=CC(C)(C)C5CC[C@]43C)[C@@H]2[C@]1(C)O. The molecule has 0 heterocycles. The third-order valence-electron chi connectivity index (χ3n) is 12.9. The zero-order chi connectivity index (χ0) is 25.1. The number of carbonyl (C=O) groups is 1. The van der Waals surface area contributed by atoms with Gasteiger partial charge in [-0.2, -0.15) is 0 Å². The molecule has 5 aliphatic carbocycles. The summed E-state index contributed by atoms with van der Waals surface area (Å²) < 4.78 is 0. The van der Waals surface area contributed by atoms with Gasteiger partial charge in [0.25, 0.3) is 0 Å². The van der Waals surface area contributed by atoms with E-state index in [0.29, 0.717) is 24.7 Å². The van der Waals surface area contributed by atoms with E-state index in [9.17, 15) is 20.1 Å². The Hall–Kier alpha value is -1.13. The molecule has 0 amide bonds. The van der Waals surface area contributed by atoms with Crippen LogP contribution in [0.25, 0.3) is 0 Å². The van der Waals surface area contributed by atoms with E-state index in [1.807, 2.05) is 6.92 Å². The second-order valence-electron chi connectivity index (χ2n) is 14.3. The maximum Gasteiger partial charge on any atom is 0.310 e. The van der Waals surface area contributed by atoms with Gasteiger partial charge in [0.2, 0.25) is 0 Å². The van der Waals surface area contributed by atoms with Crippen LogP contribution in [0, 0.1) is 50.7 Å². The van der Waals surface area contributed by atoms with Gasteiger partial charge in [0.05, 0.1) is 17.6 Å². The molecular formula is C30H46O4. The lowest BCUT2D eigenvalue weighted by Crippen LogP contribution is -2.66. The van der Waals surface area contributed by atoms with E-state index in [2.05, 4.69) is 53.7 Å². The normalized spacial score (nSPS) is 53.6. The molecule has 0 spiro atoms. The number of aliphatic hydroxyl groups excluding tert-OH is 1. The van der Waals surface area contributed by atoms with Crippen LogP contribution in [-0.2, 0) is 4.79 Å². The fourth-order valence-electron chi connectivity index (χ4n) is 10.6. The Kier molecular flexibility index (Phi) is 5.06. The van der Waals surface area contributed by atoms with Crippen LogP contribution in [0.15, 0.2) is 23.3 Å². The van der Waals surface area contributed by atoms with Crippen molar-refractivity contribution in [2.45, 2.75) is 99.0 Å². The number of aliphatic carboxylic acids is 1. The second kappa shape index (κ2) is 7.00. The number of carboxylic acids is 1. The molecule has 5 aliphatic rings. The van der Waals surface area contributed by atoms with Crippen LogP contribution < -0.4 is 0 Å². The lowest BCUT2D eigenvalue weighted by molar-refractivity contribution is -0.197. The summed E-state index contributed by atoms with van der Waals surface area (Å²) in [5, 5.41) is 32.9. The zero-order valence-electron chi connectivity index (χ0n) is 22.4. The largest absolute Gasteiger partial charge is 0.481 e. The fraction of sp³-hybridized carbons (Fsp3) is 0.833. The summed E-state index contributed by atoms with van der Waals surface area (Å²) in [7, 11) is 0. The van der Waals surface area contributed by atoms with Crippen LogP contribution in [0.2, 0.25) is 0 Å². The molecule has 34 heavy (non-hydrogen) atoms. The molecular weight excluding hydrogens is 424 g/mol. The summed E-state index contributed by atoms with van der Waals surface area (Å²) in [4.78, 5) is 12.8. The summed E-state index contributed by atoms with van der Waals surface area (Å²) in [6.45, 7) is 16.0. The number of aliphatic hydroxyl groups is 2. The molecule has 0 aromatic rings. The van der Waals surface area contributed by atoms with E-state index < -0.39 is 17.0 Å². The molecule has 3 fully saturated rings. The first-order valence-electron chi connectivity index (χ1n) is 13.6. The van der Waals surface area contributed by atoms with Crippen molar-refractivity contribution in [1.29, 1.82) is 0 Å². The molecule has 4 heteroatoms. The molecule has 0 radical (unpaired) electrons. The smallest absolute Gasteiger partial charge is 0.310 e. The van der Waals surface area contributed by atoms with Gasteiger partial charge in [0.15, 0.2) is 0 Å². The number of carboxylic acid groups (broad SMARTS) is 1.